The molecule has 0 radical (unpaired) electrons. The van der Waals surface area contributed by atoms with E-state index in [-0.39, 0.29) is 47.2 Å². The average molecular weight is 1050 g/mol. The second kappa shape index (κ2) is 21.8. The summed E-state index contributed by atoms with van der Waals surface area (Å²) in [6, 6.07) is 21.4. The molecule has 2 fully saturated rings. The Hall–Kier alpha value is -7.51. The number of anilines is 3. The van der Waals surface area contributed by atoms with Crippen LogP contribution in [0, 0.1) is 50.7 Å². The Balaban J connectivity index is 0.000000157. The largest absolute Gasteiger partial charge is 0.390 e. The highest BCUT2D eigenvalue weighted by molar-refractivity contribution is 5.94. The average Bonchev–Trinajstić information content (AvgIpc) is 3.92. The van der Waals surface area contributed by atoms with Gasteiger partial charge in [-0.05, 0) is 152 Å². The number of rotatable bonds is 13. The number of hydrogen-bond donors (Lipinski definition) is 5. The Morgan fingerprint density at radius 1 is 0.636 bits per heavy atom. The van der Waals surface area contributed by atoms with Gasteiger partial charge in [-0.15, -0.1) is 0 Å². The number of nitrogens with zero attached hydrogens (tertiary/aromatic N) is 9. The number of pyridine rings is 3. The number of halogens is 2. The minimum Gasteiger partial charge on any atom is -0.390 e. The monoisotopic (exact) mass is 1050 g/mol. The predicted octanol–water partition coefficient (Wildman–Crippen LogP) is 10.8. The number of amides is 3. The first-order chi connectivity index (χ1) is 36.1. The number of carbonyl (C=O) groups is 3. The lowest BCUT2D eigenvalue weighted by Crippen LogP contribution is -2.39. The minimum absolute atomic E-state index is 0.0107. The van der Waals surface area contributed by atoms with E-state index in [4.69, 9.17) is 0 Å². The molecule has 6 heterocycles. The summed E-state index contributed by atoms with van der Waals surface area (Å²) in [5.74, 6) is -0.380. The number of hydrogen-bond acceptors (Lipinski definition) is 11. The van der Waals surface area contributed by atoms with Gasteiger partial charge in [0.25, 0.3) is 0 Å². The number of benzene rings is 2. The number of nitrogens with one attached hydrogen (secondary N) is 3. The molecule has 2 aliphatic carbocycles. The summed E-state index contributed by atoms with van der Waals surface area (Å²) < 4.78 is 33.4. The number of aryl methyl sites for hydroxylation is 4. The second-order valence-electron chi connectivity index (χ2n) is 23.0. The first-order valence-corrected chi connectivity index (χ1v) is 26.1. The molecule has 406 valence electrons. The van der Waals surface area contributed by atoms with Crippen LogP contribution in [0.3, 0.4) is 0 Å². The van der Waals surface area contributed by atoms with Crippen molar-refractivity contribution in [2.75, 3.05) is 16.0 Å². The van der Waals surface area contributed by atoms with Crippen molar-refractivity contribution in [3.05, 3.63) is 119 Å². The quantitative estimate of drug-likeness (QED) is 0.0731. The van der Waals surface area contributed by atoms with E-state index in [1.165, 1.54) is 23.8 Å². The van der Waals surface area contributed by atoms with E-state index < -0.39 is 28.7 Å². The molecular weight excluding hydrogens is 983 g/mol. The smallest absolute Gasteiger partial charge is 0.229 e. The van der Waals surface area contributed by atoms with Gasteiger partial charge in [0.2, 0.25) is 35.6 Å². The Kier molecular flexibility index (Phi) is 15.8. The molecule has 6 aromatic heterocycles. The lowest BCUT2D eigenvalue weighted by atomic mass is 9.78. The van der Waals surface area contributed by atoms with Crippen LogP contribution in [-0.2, 0) is 32.1 Å². The van der Waals surface area contributed by atoms with Gasteiger partial charge in [-0.3, -0.25) is 44.0 Å². The highest BCUT2D eigenvalue weighted by atomic mass is 19.1. The fourth-order valence-electron chi connectivity index (χ4n) is 9.26. The molecule has 0 aliphatic heterocycles. The van der Waals surface area contributed by atoms with Crippen molar-refractivity contribution in [3.63, 3.8) is 0 Å². The summed E-state index contributed by atoms with van der Waals surface area (Å²) >= 11 is 0. The molecular formula is C58H70F2N12O5. The van der Waals surface area contributed by atoms with Crippen LogP contribution in [0.4, 0.5) is 26.6 Å². The van der Waals surface area contributed by atoms with Crippen LogP contribution in [0.25, 0.3) is 39.2 Å². The Labute approximate surface area is 447 Å². The lowest BCUT2D eigenvalue weighted by molar-refractivity contribution is -0.121. The second-order valence-corrected chi connectivity index (χ2v) is 23.0. The minimum atomic E-state index is -1.42. The first-order valence-electron chi connectivity index (χ1n) is 26.1. The maximum atomic E-state index is 14.0. The van der Waals surface area contributed by atoms with Gasteiger partial charge in [0, 0.05) is 41.7 Å². The van der Waals surface area contributed by atoms with Crippen LogP contribution in [0.5, 0.6) is 0 Å². The number of carbonyl (C=O) groups excluding carboxylic acids is 3. The molecule has 5 N–H and O–H groups in total. The highest BCUT2D eigenvalue weighted by Gasteiger charge is 2.38. The molecule has 1 atom stereocenters. The Morgan fingerprint density at radius 2 is 1.18 bits per heavy atom. The summed E-state index contributed by atoms with van der Waals surface area (Å²) in [5, 5.41) is 29.2. The van der Waals surface area contributed by atoms with Gasteiger partial charge in [0.1, 0.15) is 28.2 Å². The molecule has 2 saturated carbocycles. The van der Waals surface area contributed by atoms with E-state index in [0.717, 1.165) is 82.6 Å². The van der Waals surface area contributed by atoms with Crippen molar-refractivity contribution in [1.82, 2.24) is 43.6 Å². The molecule has 0 spiro atoms. The zero-order valence-electron chi connectivity index (χ0n) is 45.8. The van der Waals surface area contributed by atoms with Gasteiger partial charge in [-0.1, -0.05) is 51.1 Å². The fourth-order valence-corrected chi connectivity index (χ4v) is 9.26. The molecule has 8 aromatic rings. The van der Waals surface area contributed by atoms with Crippen molar-refractivity contribution < 1.29 is 33.4 Å². The van der Waals surface area contributed by atoms with E-state index in [0.29, 0.717) is 41.0 Å². The van der Waals surface area contributed by atoms with E-state index in [9.17, 15) is 33.4 Å². The zero-order valence-corrected chi connectivity index (χ0v) is 45.8. The van der Waals surface area contributed by atoms with Gasteiger partial charge >= 0.3 is 0 Å². The molecule has 3 amide bonds. The highest BCUT2D eigenvalue weighted by Crippen LogP contribution is 2.43. The number of aliphatic hydroxyl groups is 2. The molecule has 0 bridgehead atoms. The van der Waals surface area contributed by atoms with E-state index in [2.05, 4.69) is 82.7 Å². The topological polar surface area (TPSA) is 220 Å². The van der Waals surface area contributed by atoms with Gasteiger partial charge in [-0.25, -0.2) is 38.7 Å². The Bertz CT molecular complexity index is 3470. The van der Waals surface area contributed by atoms with Gasteiger partial charge < -0.3 is 10.2 Å². The molecule has 19 heteroatoms. The maximum absolute atomic E-state index is 14.0. The SMILES string of the molecule is Cc1cc2nc(NC(=O)C[C@](C)(O)c3ccccc3)n(-c3cc(F)cc(F)c3)c2nc1C.Cc1ccc2nc(NC(=O)CC(C)(C)C)n(CC3CC3)c2n1.Cc1ccc2nc(NC(=O)CC(C)(C)O)n(C3(C)CCC3)c2n1. The standard InChI is InChI=1S/C24H22F2N4O2.C17H24N4O2.C17H24N4O/c1-14-9-20-22(27-15(14)2)30(19-11-17(25)10-18(26)12-19)23(28-20)29-21(31)13-24(3,32)16-7-5-4-6-8-16;1-11-6-7-12-14(18-11)21(17(4)8-5-9-17)15(19-12)20-13(22)10-16(2,3)23;1-11-5-8-13-15(18-11)21(10-12-6-7-12)16(19-13)20-14(22)9-17(2,3)4/h4-12,32H,13H2,1-3H3,(H,28,29,31);6-7,23H,5,8-10H2,1-4H3,(H,19,20,22);5,8,12H,6-7,9-10H2,1-4H3,(H,19,20,22)/t24-;;/m0../s1. The van der Waals surface area contributed by atoms with Gasteiger partial charge in [0.15, 0.2) is 16.9 Å². The van der Waals surface area contributed by atoms with Crippen LogP contribution in [0.2, 0.25) is 0 Å². The predicted molar refractivity (Wildman–Crippen MR) is 295 cm³/mol. The summed E-state index contributed by atoms with van der Waals surface area (Å²) in [7, 11) is 0. The van der Waals surface area contributed by atoms with Crippen molar-refractivity contribution in [2.24, 2.45) is 11.3 Å². The summed E-state index contributed by atoms with van der Waals surface area (Å²) in [6.45, 7) is 21.6. The molecule has 0 unspecified atom stereocenters. The normalized spacial score (nSPS) is 14.9. The van der Waals surface area contributed by atoms with Crippen LogP contribution < -0.4 is 16.0 Å². The van der Waals surface area contributed by atoms with E-state index in [1.807, 2.05) is 58.0 Å². The van der Waals surface area contributed by atoms with E-state index >= 15 is 0 Å². The third-order valence-electron chi connectivity index (χ3n) is 13.6. The van der Waals surface area contributed by atoms with Gasteiger partial charge in [0.05, 0.1) is 29.7 Å². The van der Waals surface area contributed by atoms with Crippen molar-refractivity contribution >= 4 is 69.1 Å². The maximum Gasteiger partial charge on any atom is 0.229 e. The fraction of sp³-hybridized carbons (Fsp3) is 0.431. The summed E-state index contributed by atoms with van der Waals surface area (Å²) in [5.41, 5.74) is 5.78. The number of aromatic nitrogens is 9. The van der Waals surface area contributed by atoms with Crippen molar-refractivity contribution in [3.8, 4) is 5.69 Å². The zero-order chi connectivity index (χ0) is 55.8. The molecule has 77 heavy (non-hydrogen) atoms. The molecule has 10 rings (SSSR count). The summed E-state index contributed by atoms with van der Waals surface area (Å²) in [6.07, 6.45) is 6.01. The van der Waals surface area contributed by atoms with Crippen molar-refractivity contribution in [1.29, 1.82) is 0 Å². The van der Waals surface area contributed by atoms with E-state index in [1.54, 1.807) is 51.1 Å². The van der Waals surface area contributed by atoms with Gasteiger partial charge in [-0.2, -0.15) is 0 Å². The van der Waals surface area contributed by atoms with Crippen LogP contribution >= 0.6 is 0 Å². The lowest BCUT2D eigenvalue weighted by Gasteiger charge is -2.40. The first kappa shape index (κ1) is 55.7. The summed E-state index contributed by atoms with van der Waals surface area (Å²) in [4.78, 5) is 64.6. The molecule has 17 nitrogen and oxygen atoms in total. The third kappa shape index (κ3) is 13.7. The van der Waals surface area contributed by atoms with Crippen LogP contribution in [0.15, 0.2) is 78.9 Å². The van der Waals surface area contributed by atoms with Crippen LogP contribution in [-0.4, -0.2) is 77.1 Å². The van der Waals surface area contributed by atoms with Crippen LogP contribution in [0.1, 0.15) is 128 Å². The molecule has 0 saturated heterocycles. The molecule has 2 aromatic carbocycles. The number of fused-ring (bicyclic) bond motifs is 3. The van der Waals surface area contributed by atoms with Crippen molar-refractivity contribution in [2.45, 2.75) is 151 Å². The Morgan fingerprint density at radius 3 is 1.77 bits per heavy atom. The molecule has 2 aliphatic rings. The third-order valence-corrected chi connectivity index (χ3v) is 13.6. The number of imidazole rings is 3.